The lowest BCUT2D eigenvalue weighted by Gasteiger charge is -2.14. The van der Waals surface area contributed by atoms with Crippen LogP contribution in [-0.2, 0) is 10.0 Å². The molecule has 3 aromatic rings. The molecule has 0 spiro atoms. The van der Waals surface area contributed by atoms with E-state index in [1.54, 1.807) is 18.3 Å². The molecular weight excluding hydrogens is 298 g/mol. The number of anilines is 1. The highest BCUT2D eigenvalue weighted by molar-refractivity contribution is 7.92. The number of nitrogens with one attached hydrogen (secondary N) is 2. The number of hydrogen-bond acceptors (Lipinski definition) is 3. The summed E-state index contributed by atoms with van der Waals surface area (Å²) in [7, 11) is -3.63. The van der Waals surface area contributed by atoms with Crippen molar-refractivity contribution in [2.75, 3.05) is 4.72 Å². The molecule has 1 aromatic heterocycles. The fraction of sp³-hybridized carbons (Fsp3) is 0.188. The maximum absolute atomic E-state index is 12.7. The Morgan fingerprint density at radius 2 is 1.73 bits per heavy atom. The Labute approximate surface area is 129 Å². The molecule has 0 radical (unpaired) electrons. The predicted octanol–water partition coefficient (Wildman–Crippen LogP) is 3.29. The van der Waals surface area contributed by atoms with Gasteiger partial charge in [0.2, 0.25) is 0 Å². The van der Waals surface area contributed by atoms with E-state index in [0.29, 0.717) is 10.6 Å². The third-order valence-electron chi connectivity index (χ3n) is 3.57. The quantitative estimate of drug-likeness (QED) is 0.779. The molecule has 0 fully saturated rings. The van der Waals surface area contributed by atoms with Crippen molar-refractivity contribution in [2.45, 2.75) is 25.7 Å². The van der Waals surface area contributed by atoms with Gasteiger partial charge in [0, 0.05) is 5.39 Å². The third kappa shape index (κ3) is 2.57. The Balaban J connectivity index is 2.03. The molecule has 0 amide bonds. The number of hydrogen-bond donors (Lipinski definition) is 2. The molecule has 6 heteroatoms. The molecule has 114 valence electrons. The highest BCUT2D eigenvalue weighted by Crippen LogP contribution is 2.25. The van der Waals surface area contributed by atoms with Gasteiger partial charge in [-0.2, -0.15) is 5.10 Å². The van der Waals surface area contributed by atoms with Crippen molar-refractivity contribution < 1.29 is 8.42 Å². The average molecular weight is 315 g/mol. The fourth-order valence-electron chi connectivity index (χ4n) is 2.80. The molecule has 2 aromatic carbocycles. The summed E-state index contributed by atoms with van der Waals surface area (Å²) in [5, 5.41) is 7.70. The summed E-state index contributed by atoms with van der Waals surface area (Å²) in [6.07, 6.45) is 1.70. The van der Waals surface area contributed by atoms with Crippen LogP contribution in [0.5, 0.6) is 0 Å². The minimum atomic E-state index is -3.63. The summed E-state index contributed by atoms with van der Waals surface area (Å²) < 4.78 is 28.0. The molecule has 0 aliphatic heterocycles. The Kier molecular flexibility index (Phi) is 3.41. The van der Waals surface area contributed by atoms with Gasteiger partial charge in [-0.3, -0.25) is 9.82 Å². The molecule has 1 heterocycles. The summed E-state index contributed by atoms with van der Waals surface area (Å²) in [6, 6.07) is 9.04. The van der Waals surface area contributed by atoms with Crippen LogP contribution in [0.3, 0.4) is 0 Å². The first-order valence-corrected chi connectivity index (χ1v) is 8.39. The number of benzene rings is 2. The fourth-order valence-corrected chi connectivity index (χ4v) is 4.30. The van der Waals surface area contributed by atoms with Crippen molar-refractivity contribution in [1.82, 2.24) is 10.2 Å². The summed E-state index contributed by atoms with van der Waals surface area (Å²) in [4.78, 5) is 0.336. The van der Waals surface area contributed by atoms with E-state index in [0.717, 1.165) is 27.6 Å². The summed E-state index contributed by atoms with van der Waals surface area (Å²) in [5.74, 6) is 0. The van der Waals surface area contributed by atoms with E-state index in [2.05, 4.69) is 14.9 Å². The van der Waals surface area contributed by atoms with E-state index < -0.39 is 10.0 Å². The van der Waals surface area contributed by atoms with E-state index in [4.69, 9.17) is 0 Å². The zero-order chi connectivity index (χ0) is 15.9. The van der Waals surface area contributed by atoms with Crippen molar-refractivity contribution in [3.63, 3.8) is 0 Å². The van der Waals surface area contributed by atoms with Crippen LogP contribution in [0.25, 0.3) is 10.9 Å². The maximum Gasteiger partial charge on any atom is 0.262 e. The lowest BCUT2D eigenvalue weighted by atomic mass is 10.1. The number of aromatic nitrogens is 2. The van der Waals surface area contributed by atoms with Crippen molar-refractivity contribution in [2.24, 2.45) is 0 Å². The zero-order valence-corrected chi connectivity index (χ0v) is 13.5. The molecule has 3 rings (SSSR count). The Morgan fingerprint density at radius 1 is 1.05 bits per heavy atom. The van der Waals surface area contributed by atoms with Gasteiger partial charge in [-0.05, 0) is 50.1 Å². The van der Waals surface area contributed by atoms with Crippen LogP contribution in [0.4, 0.5) is 5.69 Å². The normalized spacial score (nSPS) is 11.8. The molecule has 0 saturated carbocycles. The van der Waals surface area contributed by atoms with E-state index in [9.17, 15) is 8.42 Å². The molecule has 0 atom stereocenters. The van der Waals surface area contributed by atoms with Crippen LogP contribution in [-0.4, -0.2) is 18.6 Å². The van der Waals surface area contributed by atoms with E-state index in [-0.39, 0.29) is 0 Å². The minimum absolute atomic E-state index is 0.336. The largest absolute Gasteiger partial charge is 0.280 e. The molecule has 0 bridgehead atoms. The predicted molar refractivity (Wildman–Crippen MR) is 87.6 cm³/mol. The van der Waals surface area contributed by atoms with Crippen LogP contribution in [0.15, 0.2) is 41.4 Å². The van der Waals surface area contributed by atoms with Crippen molar-refractivity contribution in [3.8, 4) is 0 Å². The van der Waals surface area contributed by atoms with E-state index >= 15 is 0 Å². The lowest BCUT2D eigenvalue weighted by molar-refractivity contribution is 0.600. The summed E-state index contributed by atoms with van der Waals surface area (Å²) in [6.45, 7) is 5.58. The first-order chi connectivity index (χ1) is 10.4. The molecular formula is C16H17N3O2S. The van der Waals surface area contributed by atoms with Crippen LogP contribution in [0, 0.1) is 20.8 Å². The van der Waals surface area contributed by atoms with Gasteiger partial charge in [0.25, 0.3) is 10.0 Å². The number of H-pyrrole nitrogens is 1. The Hall–Kier alpha value is -2.34. The van der Waals surface area contributed by atoms with E-state index in [1.165, 1.54) is 0 Å². The zero-order valence-electron chi connectivity index (χ0n) is 12.6. The topological polar surface area (TPSA) is 74.8 Å². The Bertz CT molecular complexity index is 935. The molecule has 0 aliphatic carbocycles. The minimum Gasteiger partial charge on any atom is -0.280 e. The smallest absolute Gasteiger partial charge is 0.262 e. The van der Waals surface area contributed by atoms with Crippen LogP contribution in [0.1, 0.15) is 16.7 Å². The van der Waals surface area contributed by atoms with Crippen LogP contribution < -0.4 is 4.72 Å². The van der Waals surface area contributed by atoms with Gasteiger partial charge >= 0.3 is 0 Å². The third-order valence-corrected chi connectivity index (χ3v) is 5.25. The lowest BCUT2D eigenvalue weighted by Crippen LogP contribution is -2.15. The number of aryl methyl sites for hydroxylation is 3. The molecule has 0 aliphatic rings. The van der Waals surface area contributed by atoms with Crippen LogP contribution in [0.2, 0.25) is 0 Å². The number of fused-ring (bicyclic) bond motifs is 1. The maximum atomic E-state index is 12.7. The molecule has 22 heavy (non-hydrogen) atoms. The van der Waals surface area contributed by atoms with Gasteiger partial charge in [-0.15, -0.1) is 0 Å². The number of sulfonamides is 1. The van der Waals surface area contributed by atoms with Crippen LogP contribution >= 0.6 is 0 Å². The first-order valence-electron chi connectivity index (χ1n) is 6.90. The second kappa shape index (κ2) is 5.14. The number of aromatic amines is 1. The Morgan fingerprint density at radius 3 is 2.41 bits per heavy atom. The second-order valence-corrected chi connectivity index (χ2v) is 7.12. The van der Waals surface area contributed by atoms with Crippen molar-refractivity contribution in [1.29, 1.82) is 0 Å². The second-order valence-electron chi connectivity index (χ2n) is 5.51. The molecule has 0 unspecified atom stereocenters. The standard InChI is InChI=1S/C16H17N3O2S/c1-10-6-11(2)16(12(3)7-10)22(20,21)19-14-5-4-13-9-17-18-15(13)8-14/h4-9,19H,1-3H3,(H,17,18). The molecule has 5 nitrogen and oxygen atoms in total. The average Bonchev–Trinajstić information content (AvgIpc) is 2.83. The van der Waals surface area contributed by atoms with Gasteiger partial charge in [0.1, 0.15) is 0 Å². The molecule has 2 N–H and O–H groups in total. The van der Waals surface area contributed by atoms with Gasteiger partial charge in [0.05, 0.1) is 22.3 Å². The van der Waals surface area contributed by atoms with Crippen molar-refractivity contribution >= 4 is 26.6 Å². The first kappa shape index (κ1) is 14.6. The summed E-state index contributed by atoms with van der Waals surface area (Å²) in [5.41, 5.74) is 3.83. The summed E-state index contributed by atoms with van der Waals surface area (Å²) >= 11 is 0. The number of nitrogens with zero attached hydrogens (tertiary/aromatic N) is 1. The monoisotopic (exact) mass is 315 g/mol. The highest BCUT2D eigenvalue weighted by atomic mass is 32.2. The van der Waals surface area contributed by atoms with Gasteiger partial charge in [-0.25, -0.2) is 8.42 Å². The SMILES string of the molecule is Cc1cc(C)c(S(=O)(=O)Nc2ccc3cn[nH]c3c2)c(C)c1. The van der Waals surface area contributed by atoms with Gasteiger partial charge < -0.3 is 0 Å². The van der Waals surface area contributed by atoms with Gasteiger partial charge in [-0.1, -0.05) is 17.7 Å². The molecule has 0 saturated heterocycles. The highest BCUT2D eigenvalue weighted by Gasteiger charge is 2.20. The van der Waals surface area contributed by atoms with E-state index in [1.807, 2.05) is 39.0 Å². The van der Waals surface area contributed by atoms with Gasteiger partial charge in [0.15, 0.2) is 0 Å². The number of rotatable bonds is 3. The van der Waals surface area contributed by atoms with Crippen molar-refractivity contribution in [3.05, 3.63) is 53.2 Å².